The zero-order valence-corrected chi connectivity index (χ0v) is 10.1. The number of nitrogens with zero attached hydrogens (tertiary/aromatic N) is 4. The number of aliphatic carboxylic acids is 1. The number of carbonyl (C=O) groups is 1. The van der Waals surface area contributed by atoms with Crippen LogP contribution in [-0.4, -0.2) is 37.2 Å². The van der Waals surface area contributed by atoms with Crippen molar-refractivity contribution >= 4 is 5.97 Å². The second kappa shape index (κ2) is 5.46. The molecule has 2 N–H and O–H groups in total. The van der Waals surface area contributed by atoms with Crippen molar-refractivity contribution in [1.29, 1.82) is 0 Å². The first kappa shape index (κ1) is 12.3. The molecule has 0 bridgehead atoms. The molecule has 96 valence electrons. The van der Waals surface area contributed by atoms with Crippen molar-refractivity contribution in [2.45, 2.75) is 13.1 Å². The van der Waals surface area contributed by atoms with Gasteiger partial charge in [0.25, 0.3) is 0 Å². The fraction of sp³-hybridized carbons (Fsp3) is 0.364. The summed E-state index contributed by atoms with van der Waals surface area (Å²) in [5.74, 6) is -0.872. The molecule has 2 heterocycles. The average molecular weight is 249 g/mol. The third-order valence-corrected chi connectivity index (χ3v) is 2.37. The van der Waals surface area contributed by atoms with Gasteiger partial charge in [-0.3, -0.25) is 14.2 Å². The van der Waals surface area contributed by atoms with Crippen molar-refractivity contribution in [1.82, 2.24) is 24.9 Å². The Morgan fingerprint density at radius 1 is 1.33 bits per heavy atom. The van der Waals surface area contributed by atoms with E-state index >= 15 is 0 Å². The van der Waals surface area contributed by atoms with Crippen LogP contribution >= 0.6 is 0 Å². The van der Waals surface area contributed by atoms with Gasteiger partial charge in [0.2, 0.25) is 0 Å². The molecule has 7 nitrogen and oxygen atoms in total. The summed E-state index contributed by atoms with van der Waals surface area (Å²) in [5.41, 5.74) is 1.75. The number of nitrogens with one attached hydrogen (secondary N) is 1. The molecule has 2 aromatic heterocycles. The summed E-state index contributed by atoms with van der Waals surface area (Å²) in [6, 6.07) is 3.79. The number of hydrogen-bond acceptors (Lipinski definition) is 4. The highest BCUT2D eigenvalue weighted by Crippen LogP contribution is 2.00. The second-order valence-corrected chi connectivity index (χ2v) is 3.98. The van der Waals surface area contributed by atoms with Crippen LogP contribution in [0, 0.1) is 0 Å². The maximum atomic E-state index is 10.3. The quantitative estimate of drug-likeness (QED) is 0.743. The first-order valence-corrected chi connectivity index (χ1v) is 5.57. The lowest BCUT2D eigenvalue weighted by Crippen LogP contribution is -2.22. The fourth-order valence-electron chi connectivity index (χ4n) is 1.60. The molecule has 0 aliphatic rings. The summed E-state index contributed by atoms with van der Waals surface area (Å²) in [7, 11) is 1.87. The van der Waals surface area contributed by atoms with Gasteiger partial charge in [0, 0.05) is 26.0 Å². The molecule has 0 aliphatic heterocycles. The summed E-state index contributed by atoms with van der Waals surface area (Å²) >= 11 is 0. The number of aryl methyl sites for hydroxylation is 1. The summed E-state index contributed by atoms with van der Waals surface area (Å²) in [6.45, 7) is 0.994. The molecule has 0 saturated carbocycles. The van der Waals surface area contributed by atoms with E-state index in [0.717, 1.165) is 11.4 Å². The van der Waals surface area contributed by atoms with E-state index in [1.165, 1.54) is 0 Å². The van der Waals surface area contributed by atoms with Gasteiger partial charge >= 0.3 is 5.97 Å². The van der Waals surface area contributed by atoms with Gasteiger partial charge in [-0.15, -0.1) is 0 Å². The molecule has 0 fully saturated rings. The van der Waals surface area contributed by atoms with Crippen molar-refractivity contribution in [3.05, 3.63) is 35.9 Å². The number of aromatic nitrogens is 4. The Labute approximate surface area is 104 Å². The maximum Gasteiger partial charge on any atom is 0.317 e. The summed E-state index contributed by atoms with van der Waals surface area (Å²) < 4.78 is 3.52. The fourth-order valence-corrected chi connectivity index (χ4v) is 1.60. The van der Waals surface area contributed by atoms with Crippen LogP contribution in [-0.2, 0) is 24.9 Å². The lowest BCUT2D eigenvalue weighted by Gasteiger charge is -1.99. The molecule has 7 heteroatoms. The topological polar surface area (TPSA) is 85.0 Å². The van der Waals surface area contributed by atoms with Crippen LogP contribution in [0.15, 0.2) is 24.5 Å². The van der Waals surface area contributed by atoms with E-state index in [2.05, 4.69) is 15.5 Å². The van der Waals surface area contributed by atoms with Crippen LogP contribution in [0.5, 0.6) is 0 Å². The average Bonchev–Trinajstić information content (AvgIpc) is 2.89. The second-order valence-electron chi connectivity index (χ2n) is 3.98. The minimum absolute atomic E-state index is 0.0624. The minimum atomic E-state index is -0.872. The van der Waals surface area contributed by atoms with Crippen LogP contribution in [0.25, 0.3) is 0 Å². The minimum Gasteiger partial charge on any atom is -0.480 e. The van der Waals surface area contributed by atoms with Gasteiger partial charge in [-0.25, -0.2) is 0 Å². The molecule has 0 radical (unpaired) electrons. The van der Waals surface area contributed by atoms with E-state index in [1.54, 1.807) is 9.36 Å². The molecule has 0 aliphatic carbocycles. The highest BCUT2D eigenvalue weighted by molar-refractivity contribution is 5.68. The third-order valence-electron chi connectivity index (χ3n) is 2.37. The molecule has 0 saturated heterocycles. The van der Waals surface area contributed by atoms with E-state index in [-0.39, 0.29) is 6.54 Å². The molecule has 0 atom stereocenters. The van der Waals surface area contributed by atoms with E-state index in [9.17, 15) is 4.79 Å². The Kier molecular flexibility index (Phi) is 3.73. The van der Waals surface area contributed by atoms with Crippen LogP contribution < -0.4 is 5.32 Å². The van der Waals surface area contributed by atoms with Gasteiger partial charge < -0.3 is 10.4 Å². The first-order valence-electron chi connectivity index (χ1n) is 5.57. The maximum absolute atomic E-state index is 10.3. The molecule has 0 aromatic carbocycles. The van der Waals surface area contributed by atoms with Crippen molar-refractivity contribution < 1.29 is 9.90 Å². The third kappa shape index (κ3) is 3.42. The molecular weight excluding hydrogens is 234 g/mol. The molecule has 2 aromatic rings. The van der Waals surface area contributed by atoms with Gasteiger partial charge in [0.1, 0.15) is 0 Å². The van der Waals surface area contributed by atoms with E-state index in [0.29, 0.717) is 13.1 Å². The Bertz CT molecular complexity index is 531. The van der Waals surface area contributed by atoms with Crippen molar-refractivity contribution in [2.24, 2.45) is 7.05 Å². The number of rotatable bonds is 6. The van der Waals surface area contributed by atoms with Crippen LogP contribution in [0.1, 0.15) is 11.4 Å². The smallest absolute Gasteiger partial charge is 0.317 e. The monoisotopic (exact) mass is 249 g/mol. The molecular formula is C11H15N5O2. The molecule has 0 unspecified atom stereocenters. The Morgan fingerprint density at radius 3 is 2.78 bits per heavy atom. The Balaban J connectivity index is 1.88. The summed E-state index contributed by atoms with van der Waals surface area (Å²) in [5, 5.41) is 19.9. The number of carboxylic acids is 1. The molecule has 0 amide bonds. The zero-order valence-electron chi connectivity index (χ0n) is 10.1. The first-order chi connectivity index (χ1) is 8.63. The van der Waals surface area contributed by atoms with E-state index in [4.69, 9.17) is 5.11 Å². The van der Waals surface area contributed by atoms with Gasteiger partial charge in [0.05, 0.1) is 24.5 Å². The van der Waals surface area contributed by atoms with Gasteiger partial charge in [0.15, 0.2) is 0 Å². The lowest BCUT2D eigenvalue weighted by atomic mass is 10.4. The molecule has 18 heavy (non-hydrogen) atoms. The van der Waals surface area contributed by atoms with Crippen molar-refractivity contribution in [3.63, 3.8) is 0 Å². The Hall–Kier alpha value is -2.15. The Morgan fingerprint density at radius 2 is 2.11 bits per heavy atom. The predicted octanol–water partition coefficient (Wildman–Crippen LogP) is -0.161. The van der Waals surface area contributed by atoms with Crippen molar-refractivity contribution in [2.75, 3.05) is 6.54 Å². The highest BCUT2D eigenvalue weighted by atomic mass is 16.4. The number of carboxylic acid groups (broad SMARTS) is 1. The van der Waals surface area contributed by atoms with Crippen LogP contribution in [0.2, 0.25) is 0 Å². The predicted molar refractivity (Wildman–Crippen MR) is 63.9 cm³/mol. The number of hydrogen-bond donors (Lipinski definition) is 2. The normalized spacial score (nSPS) is 10.7. The van der Waals surface area contributed by atoms with Gasteiger partial charge in [-0.2, -0.15) is 10.2 Å². The highest BCUT2D eigenvalue weighted by Gasteiger charge is 2.03. The van der Waals surface area contributed by atoms with Crippen LogP contribution in [0.3, 0.4) is 0 Å². The standard InChI is InChI=1S/C11H15N5O2/c1-15-4-2-10(13-15)8-16-5-3-9(14-16)6-12-7-11(17)18/h2-5,12H,6-8H2,1H3,(H,17,18). The summed E-state index contributed by atoms with van der Waals surface area (Å²) in [6.07, 6.45) is 3.74. The van der Waals surface area contributed by atoms with Gasteiger partial charge in [-0.05, 0) is 12.1 Å². The van der Waals surface area contributed by atoms with Gasteiger partial charge in [-0.1, -0.05) is 0 Å². The SMILES string of the molecule is Cn1ccc(Cn2ccc(CNCC(=O)O)n2)n1. The van der Waals surface area contributed by atoms with Crippen molar-refractivity contribution in [3.8, 4) is 0 Å². The molecule has 0 spiro atoms. The molecule has 2 rings (SSSR count). The zero-order chi connectivity index (χ0) is 13.0. The van der Waals surface area contributed by atoms with E-state index < -0.39 is 5.97 Å². The lowest BCUT2D eigenvalue weighted by molar-refractivity contribution is -0.135. The van der Waals surface area contributed by atoms with Crippen LogP contribution in [0.4, 0.5) is 0 Å². The largest absolute Gasteiger partial charge is 0.480 e. The van der Waals surface area contributed by atoms with E-state index in [1.807, 2.05) is 31.6 Å². The summed E-state index contributed by atoms with van der Waals surface area (Å²) in [4.78, 5) is 10.3.